The van der Waals surface area contributed by atoms with Crippen molar-refractivity contribution < 1.29 is 13.9 Å². The maximum Gasteiger partial charge on any atom is 0.231 e. The minimum atomic E-state index is 0.310. The van der Waals surface area contributed by atoms with Gasteiger partial charge in [0.1, 0.15) is 0 Å². The molecule has 2 heterocycles. The van der Waals surface area contributed by atoms with E-state index in [1.807, 2.05) is 13.0 Å². The predicted molar refractivity (Wildman–Crippen MR) is 92.3 cm³/mol. The highest BCUT2D eigenvalue weighted by Crippen LogP contribution is 2.34. The van der Waals surface area contributed by atoms with Gasteiger partial charge in [0.25, 0.3) is 0 Å². The largest absolute Gasteiger partial charge is 0.454 e. The summed E-state index contributed by atoms with van der Waals surface area (Å²) in [6.07, 6.45) is 5.01. The highest BCUT2D eigenvalue weighted by atomic mass is 16.7. The van der Waals surface area contributed by atoms with Crippen molar-refractivity contribution in [1.82, 2.24) is 15.1 Å². The molecule has 0 unspecified atom stereocenters. The van der Waals surface area contributed by atoms with Crippen molar-refractivity contribution in [3.8, 4) is 11.5 Å². The first-order valence-electron chi connectivity index (χ1n) is 9.09. The number of aryl methyl sites for hydroxylation is 1. The molecule has 0 spiro atoms. The molecule has 1 aliphatic heterocycles. The first-order valence-corrected chi connectivity index (χ1v) is 9.09. The second-order valence-electron chi connectivity index (χ2n) is 7.22. The van der Waals surface area contributed by atoms with Crippen LogP contribution in [0.2, 0.25) is 0 Å². The van der Waals surface area contributed by atoms with Gasteiger partial charge in [-0.2, -0.15) is 0 Å². The van der Waals surface area contributed by atoms with Crippen molar-refractivity contribution >= 4 is 0 Å². The summed E-state index contributed by atoms with van der Waals surface area (Å²) < 4.78 is 16.6. The Bertz CT molecular complexity index is 722. The Hall–Kier alpha value is -2.08. The third-order valence-electron chi connectivity index (χ3n) is 5.23. The maximum atomic E-state index is 5.63. The van der Waals surface area contributed by atoms with Crippen molar-refractivity contribution in [2.45, 2.75) is 58.7 Å². The lowest BCUT2D eigenvalue weighted by atomic mass is 9.86. The summed E-state index contributed by atoms with van der Waals surface area (Å²) in [5.41, 5.74) is 1.22. The zero-order valence-corrected chi connectivity index (χ0v) is 14.9. The van der Waals surface area contributed by atoms with Crippen LogP contribution >= 0.6 is 0 Å². The number of hydrogen-bond donors (Lipinski definition) is 0. The summed E-state index contributed by atoms with van der Waals surface area (Å²) in [6.45, 7) is 6.02. The minimum absolute atomic E-state index is 0.310. The zero-order valence-electron chi connectivity index (χ0n) is 14.9. The molecule has 0 N–H and O–H groups in total. The molecule has 6 nitrogen and oxygen atoms in total. The lowest BCUT2D eigenvalue weighted by Gasteiger charge is -2.35. The van der Waals surface area contributed by atoms with Crippen molar-refractivity contribution in [3.05, 3.63) is 35.5 Å². The van der Waals surface area contributed by atoms with E-state index in [1.54, 1.807) is 0 Å². The second kappa shape index (κ2) is 7.04. The van der Waals surface area contributed by atoms with Crippen LogP contribution in [0, 0.1) is 12.8 Å². The zero-order chi connectivity index (χ0) is 17.2. The fourth-order valence-electron chi connectivity index (χ4n) is 3.77. The quantitative estimate of drug-likeness (QED) is 0.825. The van der Waals surface area contributed by atoms with Gasteiger partial charge in [-0.1, -0.05) is 13.0 Å². The molecule has 1 fully saturated rings. The van der Waals surface area contributed by atoms with Crippen LogP contribution in [-0.2, 0) is 13.1 Å². The second-order valence-corrected chi connectivity index (χ2v) is 7.22. The van der Waals surface area contributed by atoms with Crippen molar-refractivity contribution in [1.29, 1.82) is 0 Å². The molecule has 6 heteroatoms. The molecule has 1 saturated carbocycles. The number of ether oxygens (including phenoxy) is 2. The average molecular weight is 343 g/mol. The van der Waals surface area contributed by atoms with Gasteiger partial charge >= 0.3 is 0 Å². The topological polar surface area (TPSA) is 60.6 Å². The van der Waals surface area contributed by atoms with E-state index in [9.17, 15) is 0 Å². The van der Waals surface area contributed by atoms with Gasteiger partial charge in [0.15, 0.2) is 11.5 Å². The van der Waals surface area contributed by atoms with E-state index in [0.29, 0.717) is 31.2 Å². The number of benzene rings is 1. The number of fused-ring (bicyclic) bond motifs is 1. The highest BCUT2D eigenvalue weighted by Gasteiger charge is 2.26. The Labute approximate surface area is 148 Å². The number of nitrogens with zero attached hydrogens (tertiary/aromatic N) is 3. The average Bonchev–Trinajstić information content (AvgIpc) is 3.23. The molecular weight excluding hydrogens is 318 g/mol. The molecule has 1 aliphatic carbocycles. The number of hydrogen-bond acceptors (Lipinski definition) is 6. The molecule has 0 bridgehead atoms. The first kappa shape index (κ1) is 16.4. The van der Waals surface area contributed by atoms with Crippen molar-refractivity contribution in [2.24, 2.45) is 5.92 Å². The van der Waals surface area contributed by atoms with Crippen LogP contribution in [0.5, 0.6) is 11.5 Å². The number of rotatable bonds is 5. The van der Waals surface area contributed by atoms with Gasteiger partial charge in [-0.3, -0.25) is 4.90 Å². The van der Waals surface area contributed by atoms with Gasteiger partial charge in [0, 0.05) is 19.5 Å². The van der Waals surface area contributed by atoms with Crippen LogP contribution in [0.25, 0.3) is 0 Å². The van der Waals surface area contributed by atoms with E-state index >= 15 is 0 Å². The standard InChI is InChI=1S/C19H25N3O3/c1-13-3-6-16(7-4-13)22(11-19-21-20-14(2)25-19)10-15-5-8-17-18(9-15)24-12-23-17/h5,8-9,13,16H,3-4,6-7,10-12H2,1-2H3. The van der Waals surface area contributed by atoms with E-state index in [2.05, 4.69) is 34.2 Å². The van der Waals surface area contributed by atoms with Crippen molar-refractivity contribution in [2.75, 3.05) is 6.79 Å². The van der Waals surface area contributed by atoms with Crippen LogP contribution in [-0.4, -0.2) is 27.9 Å². The van der Waals surface area contributed by atoms with Gasteiger partial charge in [0.2, 0.25) is 18.6 Å². The van der Waals surface area contributed by atoms with Gasteiger partial charge in [0.05, 0.1) is 6.54 Å². The maximum absolute atomic E-state index is 5.63. The molecule has 0 saturated heterocycles. The highest BCUT2D eigenvalue weighted by molar-refractivity contribution is 5.44. The minimum Gasteiger partial charge on any atom is -0.454 e. The lowest BCUT2D eigenvalue weighted by molar-refractivity contribution is 0.114. The Morgan fingerprint density at radius 2 is 1.84 bits per heavy atom. The molecule has 2 aliphatic rings. The fraction of sp³-hybridized carbons (Fsp3) is 0.579. The lowest BCUT2D eigenvalue weighted by Crippen LogP contribution is -2.37. The summed E-state index contributed by atoms with van der Waals surface area (Å²) >= 11 is 0. The van der Waals surface area contributed by atoms with E-state index in [-0.39, 0.29) is 0 Å². The SMILES string of the molecule is Cc1nnc(CN(Cc2ccc3c(c2)OCO3)C2CCC(C)CC2)o1. The molecule has 25 heavy (non-hydrogen) atoms. The molecule has 2 aromatic rings. The Balaban J connectivity index is 1.51. The van der Waals surface area contributed by atoms with Gasteiger partial charge in [-0.05, 0) is 49.3 Å². The summed E-state index contributed by atoms with van der Waals surface area (Å²) in [4.78, 5) is 2.47. The van der Waals surface area contributed by atoms with E-state index in [1.165, 1.54) is 31.2 Å². The van der Waals surface area contributed by atoms with E-state index in [0.717, 1.165) is 24.0 Å². The van der Waals surface area contributed by atoms with Crippen LogP contribution in [0.4, 0.5) is 0 Å². The van der Waals surface area contributed by atoms with Crippen LogP contribution in [0.1, 0.15) is 50.0 Å². The molecule has 1 aromatic carbocycles. The normalized spacial score (nSPS) is 22.5. The Kier molecular flexibility index (Phi) is 4.61. The van der Waals surface area contributed by atoms with Crippen LogP contribution < -0.4 is 9.47 Å². The molecule has 0 atom stereocenters. The third kappa shape index (κ3) is 3.79. The number of aromatic nitrogens is 2. The summed E-state index contributed by atoms with van der Waals surface area (Å²) in [5.74, 6) is 3.80. The van der Waals surface area contributed by atoms with Crippen LogP contribution in [0.3, 0.4) is 0 Å². The summed E-state index contributed by atoms with van der Waals surface area (Å²) in [5, 5.41) is 8.16. The predicted octanol–water partition coefficient (Wildman–Crippen LogP) is 3.69. The molecule has 0 amide bonds. The monoisotopic (exact) mass is 343 g/mol. The smallest absolute Gasteiger partial charge is 0.231 e. The molecule has 4 rings (SSSR count). The Morgan fingerprint density at radius 3 is 2.60 bits per heavy atom. The first-order chi connectivity index (χ1) is 12.2. The molecule has 0 radical (unpaired) electrons. The van der Waals surface area contributed by atoms with Crippen LogP contribution in [0.15, 0.2) is 22.6 Å². The van der Waals surface area contributed by atoms with Gasteiger partial charge in [-0.15, -0.1) is 10.2 Å². The van der Waals surface area contributed by atoms with Crippen molar-refractivity contribution in [3.63, 3.8) is 0 Å². The van der Waals surface area contributed by atoms with Gasteiger partial charge < -0.3 is 13.9 Å². The summed E-state index contributed by atoms with van der Waals surface area (Å²) in [7, 11) is 0. The van der Waals surface area contributed by atoms with Gasteiger partial charge in [-0.25, -0.2) is 0 Å². The molecule has 134 valence electrons. The third-order valence-corrected chi connectivity index (χ3v) is 5.23. The summed E-state index contributed by atoms with van der Waals surface area (Å²) in [6, 6.07) is 6.74. The fourth-order valence-corrected chi connectivity index (χ4v) is 3.77. The van der Waals surface area contributed by atoms with E-state index in [4.69, 9.17) is 13.9 Å². The molecule has 1 aromatic heterocycles. The molecular formula is C19H25N3O3. The van der Waals surface area contributed by atoms with E-state index < -0.39 is 0 Å². The Morgan fingerprint density at radius 1 is 1.04 bits per heavy atom.